The molecule has 70 valence electrons. The smallest absolute Gasteiger partial charge is 0.284 e. The van der Waals surface area contributed by atoms with Gasteiger partial charge in [0.15, 0.2) is 0 Å². The molecule has 2 fully saturated rings. The van der Waals surface area contributed by atoms with Crippen LogP contribution in [0.5, 0.6) is 0 Å². The Morgan fingerprint density at radius 3 is 2.75 bits per heavy atom. The Bertz CT molecular complexity index is 194. The summed E-state index contributed by atoms with van der Waals surface area (Å²) in [5.41, 5.74) is 0.00827. The number of hydrogen-bond donors (Lipinski definition) is 0. The molecule has 0 spiro atoms. The second-order valence-corrected chi connectivity index (χ2v) is 5.55. The van der Waals surface area contributed by atoms with Gasteiger partial charge >= 0.3 is 7.82 Å². The number of hydrogen-bond acceptors (Lipinski definition) is 5. The molecule has 0 saturated carbocycles. The van der Waals surface area contributed by atoms with Gasteiger partial charge in [-0.25, -0.2) is 4.57 Å². The Kier molecular flexibility index (Phi) is 2.77. The molecule has 2 saturated heterocycles. The Hall–Kier alpha value is 0.460. The van der Waals surface area contributed by atoms with Crippen molar-refractivity contribution >= 4 is 19.6 Å². The van der Waals surface area contributed by atoms with E-state index in [-0.39, 0.29) is 5.44 Å². The molecule has 2 aliphatic heterocycles. The molecule has 0 aromatic carbocycles. The molecule has 1 atom stereocenters. The second kappa shape index (κ2) is 3.68. The molecule has 0 aromatic rings. The molecular formula is C6H11O4PS. The van der Waals surface area contributed by atoms with Gasteiger partial charge in [-0.05, 0) is 18.6 Å². The minimum Gasteiger partial charge on any atom is -0.284 e. The lowest BCUT2D eigenvalue weighted by Crippen LogP contribution is -2.01. The molecule has 0 radical (unpaired) electrons. The van der Waals surface area contributed by atoms with Crippen molar-refractivity contribution in [2.24, 2.45) is 0 Å². The lowest BCUT2D eigenvalue weighted by molar-refractivity contribution is 0.175. The first-order valence-corrected chi connectivity index (χ1v) is 6.49. The molecule has 0 aliphatic carbocycles. The van der Waals surface area contributed by atoms with Crippen LogP contribution in [0.4, 0.5) is 0 Å². The highest BCUT2D eigenvalue weighted by molar-refractivity contribution is 8.00. The van der Waals surface area contributed by atoms with Gasteiger partial charge in [0, 0.05) is 0 Å². The Morgan fingerprint density at radius 2 is 2.17 bits per heavy atom. The van der Waals surface area contributed by atoms with E-state index in [0.717, 1.165) is 18.6 Å². The third-order valence-electron chi connectivity index (χ3n) is 1.72. The largest absolute Gasteiger partial charge is 0.476 e. The highest BCUT2D eigenvalue weighted by Gasteiger charge is 2.36. The predicted molar refractivity (Wildman–Crippen MR) is 46.1 cm³/mol. The van der Waals surface area contributed by atoms with Crippen molar-refractivity contribution in [3.8, 4) is 0 Å². The average molecular weight is 210 g/mol. The van der Waals surface area contributed by atoms with Crippen LogP contribution in [-0.2, 0) is 18.1 Å². The summed E-state index contributed by atoms with van der Waals surface area (Å²) in [7, 11) is -3.14. The van der Waals surface area contributed by atoms with Crippen molar-refractivity contribution in [2.45, 2.75) is 18.3 Å². The van der Waals surface area contributed by atoms with Gasteiger partial charge in [0.05, 0.1) is 13.2 Å². The van der Waals surface area contributed by atoms with Crippen molar-refractivity contribution in [2.75, 3.05) is 19.0 Å². The van der Waals surface area contributed by atoms with Crippen LogP contribution in [0.2, 0.25) is 0 Å². The molecule has 0 bridgehead atoms. The van der Waals surface area contributed by atoms with E-state index in [2.05, 4.69) is 0 Å². The van der Waals surface area contributed by atoms with Crippen molar-refractivity contribution in [3.63, 3.8) is 0 Å². The molecule has 0 aromatic heterocycles. The van der Waals surface area contributed by atoms with E-state index in [4.69, 9.17) is 13.6 Å². The predicted octanol–water partition coefficient (Wildman–Crippen LogP) is 2.01. The van der Waals surface area contributed by atoms with Gasteiger partial charge in [-0.2, -0.15) is 0 Å². The number of phosphoric acid groups is 1. The number of thioether (sulfide) groups is 1. The third kappa shape index (κ3) is 2.03. The molecule has 0 amide bonds. The summed E-state index contributed by atoms with van der Waals surface area (Å²) < 4.78 is 26.5. The SMILES string of the molecule is O=P1(OC2CCCS2)OCCO1. The molecule has 2 rings (SSSR count). The van der Waals surface area contributed by atoms with Crippen LogP contribution in [-0.4, -0.2) is 24.4 Å². The normalized spacial score (nSPS) is 34.2. The van der Waals surface area contributed by atoms with Crippen LogP contribution in [0, 0.1) is 0 Å². The van der Waals surface area contributed by atoms with Gasteiger partial charge in [0.1, 0.15) is 5.44 Å². The van der Waals surface area contributed by atoms with E-state index >= 15 is 0 Å². The van der Waals surface area contributed by atoms with Gasteiger partial charge in [-0.3, -0.25) is 13.6 Å². The standard InChI is InChI=1S/C6H11O4PS/c7-11(8-3-4-9-11)10-6-2-1-5-12-6/h6H,1-5H2. The van der Waals surface area contributed by atoms with Crippen LogP contribution in [0.15, 0.2) is 0 Å². The van der Waals surface area contributed by atoms with Crippen LogP contribution < -0.4 is 0 Å². The van der Waals surface area contributed by atoms with Gasteiger partial charge < -0.3 is 0 Å². The minimum atomic E-state index is -3.14. The molecule has 1 unspecified atom stereocenters. The maximum absolute atomic E-state index is 11.5. The average Bonchev–Trinajstić information content (AvgIpc) is 2.62. The van der Waals surface area contributed by atoms with Crippen LogP contribution >= 0.6 is 19.6 Å². The highest BCUT2D eigenvalue weighted by Crippen LogP contribution is 2.55. The molecule has 2 aliphatic rings. The summed E-state index contributed by atoms with van der Waals surface area (Å²) >= 11 is 1.67. The van der Waals surface area contributed by atoms with Crippen LogP contribution in [0.25, 0.3) is 0 Å². The van der Waals surface area contributed by atoms with Crippen molar-refractivity contribution in [3.05, 3.63) is 0 Å². The Labute approximate surface area is 75.6 Å². The molecular weight excluding hydrogens is 199 g/mol. The summed E-state index contributed by atoms with van der Waals surface area (Å²) in [6.45, 7) is 0.767. The fourth-order valence-corrected chi connectivity index (χ4v) is 3.85. The topological polar surface area (TPSA) is 44.8 Å². The first-order chi connectivity index (χ1) is 5.79. The number of rotatable bonds is 2. The van der Waals surface area contributed by atoms with Crippen molar-refractivity contribution in [1.82, 2.24) is 0 Å². The van der Waals surface area contributed by atoms with Crippen LogP contribution in [0.1, 0.15) is 12.8 Å². The molecule has 2 heterocycles. The minimum absolute atomic E-state index is 0.00827. The van der Waals surface area contributed by atoms with E-state index in [1.165, 1.54) is 0 Å². The van der Waals surface area contributed by atoms with Crippen LogP contribution in [0.3, 0.4) is 0 Å². The first kappa shape index (κ1) is 9.03. The van der Waals surface area contributed by atoms with Crippen molar-refractivity contribution in [1.29, 1.82) is 0 Å². The maximum Gasteiger partial charge on any atom is 0.476 e. The van der Waals surface area contributed by atoms with E-state index in [9.17, 15) is 4.57 Å². The molecule has 6 heteroatoms. The van der Waals surface area contributed by atoms with E-state index in [1.54, 1.807) is 11.8 Å². The molecule has 0 N–H and O–H groups in total. The van der Waals surface area contributed by atoms with Crippen molar-refractivity contribution < 1.29 is 18.1 Å². The van der Waals surface area contributed by atoms with Gasteiger partial charge in [0.2, 0.25) is 0 Å². The molecule has 4 nitrogen and oxygen atoms in total. The monoisotopic (exact) mass is 210 g/mol. The van der Waals surface area contributed by atoms with Gasteiger partial charge in [-0.1, -0.05) is 0 Å². The second-order valence-electron chi connectivity index (χ2n) is 2.66. The summed E-state index contributed by atoms with van der Waals surface area (Å²) in [4.78, 5) is 0. The number of phosphoric ester groups is 1. The fourth-order valence-electron chi connectivity index (χ4n) is 1.17. The third-order valence-corrected chi connectivity index (χ3v) is 4.60. The fraction of sp³-hybridized carbons (Fsp3) is 1.00. The van der Waals surface area contributed by atoms with Gasteiger partial charge in [0.25, 0.3) is 0 Å². The lowest BCUT2D eigenvalue weighted by atomic mass is 10.4. The van der Waals surface area contributed by atoms with E-state index < -0.39 is 7.82 Å². The van der Waals surface area contributed by atoms with E-state index in [0.29, 0.717) is 13.2 Å². The van der Waals surface area contributed by atoms with Gasteiger partial charge in [-0.15, -0.1) is 11.8 Å². The zero-order valence-electron chi connectivity index (χ0n) is 6.60. The van der Waals surface area contributed by atoms with E-state index in [1.807, 2.05) is 0 Å². The summed E-state index contributed by atoms with van der Waals surface area (Å²) in [6.07, 6.45) is 2.07. The first-order valence-electron chi connectivity index (χ1n) is 3.98. The summed E-state index contributed by atoms with van der Waals surface area (Å²) in [5.74, 6) is 1.07. The maximum atomic E-state index is 11.5. The lowest BCUT2D eigenvalue weighted by Gasteiger charge is -2.13. The quantitative estimate of drug-likeness (QED) is 0.652. The highest BCUT2D eigenvalue weighted by atomic mass is 32.2. The molecule has 12 heavy (non-hydrogen) atoms. The Morgan fingerprint density at radius 1 is 1.42 bits per heavy atom. The summed E-state index contributed by atoms with van der Waals surface area (Å²) in [5, 5.41) is 0. The Balaban J connectivity index is 1.88. The summed E-state index contributed by atoms with van der Waals surface area (Å²) in [6, 6.07) is 0. The zero-order chi connectivity index (χ0) is 8.44. The zero-order valence-corrected chi connectivity index (χ0v) is 8.31.